The third-order valence-corrected chi connectivity index (χ3v) is 3.65. The van der Waals surface area contributed by atoms with Gasteiger partial charge < -0.3 is 0 Å². The molecule has 0 fully saturated rings. The van der Waals surface area contributed by atoms with Gasteiger partial charge in [-0.3, -0.25) is 15.6 Å². The van der Waals surface area contributed by atoms with Gasteiger partial charge in [0.2, 0.25) is 11.0 Å². The molecular weight excluding hydrogens is 270 g/mol. The molecule has 0 aliphatic heterocycles. The number of amides is 1. The van der Waals surface area contributed by atoms with Crippen LogP contribution in [-0.4, -0.2) is 10.9 Å². The molecular formula is C15H13N3OS. The summed E-state index contributed by atoms with van der Waals surface area (Å²) >= 11 is 1.45. The quantitative estimate of drug-likeness (QED) is 0.724. The summed E-state index contributed by atoms with van der Waals surface area (Å²) in [6, 6.07) is 14.5. The summed E-state index contributed by atoms with van der Waals surface area (Å²) in [6.45, 7) is 1.45. The maximum Gasteiger partial charge on any atom is 0.235 e. The molecule has 100 valence electrons. The van der Waals surface area contributed by atoms with Gasteiger partial charge in [0.05, 0.1) is 5.69 Å². The Balaban J connectivity index is 1.89. The average Bonchev–Trinajstić information content (AvgIpc) is 2.93. The summed E-state index contributed by atoms with van der Waals surface area (Å²) < 4.78 is 0. The highest BCUT2D eigenvalue weighted by atomic mass is 32.1. The van der Waals surface area contributed by atoms with Gasteiger partial charge in [-0.25, -0.2) is 4.98 Å². The second kappa shape index (κ2) is 5.30. The van der Waals surface area contributed by atoms with Gasteiger partial charge in [-0.15, -0.1) is 11.3 Å². The highest BCUT2D eigenvalue weighted by molar-refractivity contribution is 7.14. The number of nitrogens with one attached hydrogen (secondary N) is 2. The zero-order chi connectivity index (χ0) is 13.9. The van der Waals surface area contributed by atoms with Crippen LogP contribution in [0.1, 0.15) is 6.92 Å². The lowest BCUT2D eigenvalue weighted by molar-refractivity contribution is -0.118. The first-order chi connectivity index (χ1) is 9.72. The zero-order valence-corrected chi connectivity index (χ0v) is 11.7. The number of hydrogen-bond donors (Lipinski definition) is 2. The molecule has 1 aromatic heterocycles. The van der Waals surface area contributed by atoms with Crippen LogP contribution in [-0.2, 0) is 4.79 Å². The molecule has 0 saturated carbocycles. The Morgan fingerprint density at radius 3 is 2.75 bits per heavy atom. The van der Waals surface area contributed by atoms with E-state index in [1.807, 2.05) is 17.5 Å². The first-order valence-electron chi connectivity index (χ1n) is 6.20. The summed E-state index contributed by atoms with van der Waals surface area (Å²) in [5.74, 6) is -0.146. The van der Waals surface area contributed by atoms with Crippen molar-refractivity contribution in [1.29, 1.82) is 0 Å². The van der Waals surface area contributed by atoms with Gasteiger partial charge in [0, 0.05) is 17.9 Å². The van der Waals surface area contributed by atoms with E-state index in [2.05, 4.69) is 46.2 Å². The van der Waals surface area contributed by atoms with Crippen molar-refractivity contribution >= 4 is 33.1 Å². The van der Waals surface area contributed by atoms with Gasteiger partial charge in [0.15, 0.2) is 0 Å². The minimum Gasteiger partial charge on any atom is -0.274 e. The standard InChI is InChI=1S/C15H13N3OS/c1-10(19)17-18-15-16-14(9-20-15)13-7-6-11-4-2-3-5-12(11)8-13/h2-9H,1H3,(H,16,18)(H,17,19). The van der Waals surface area contributed by atoms with Gasteiger partial charge in [-0.05, 0) is 16.8 Å². The number of aromatic nitrogens is 1. The summed E-state index contributed by atoms with van der Waals surface area (Å²) in [6.07, 6.45) is 0. The van der Waals surface area contributed by atoms with Crippen LogP contribution in [0.3, 0.4) is 0 Å². The number of nitrogens with zero attached hydrogens (tertiary/aromatic N) is 1. The highest BCUT2D eigenvalue weighted by Crippen LogP contribution is 2.27. The number of thiazole rings is 1. The van der Waals surface area contributed by atoms with E-state index < -0.39 is 0 Å². The predicted molar refractivity (Wildman–Crippen MR) is 82.5 cm³/mol. The SMILES string of the molecule is CC(=O)NNc1nc(-c2ccc3ccccc3c2)cs1. The topological polar surface area (TPSA) is 54.0 Å². The average molecular weight is 283 g/mol. The van der Waals surface area contributed by atoms with Crippen LogP contribution in [0.5, 0.6) is 0 Å². The Morgan fingerprint density at radius 1 is 1.15 bits per heavy atom. The van der Waals surface area contributed by atoms with Crippen molar-refractivity contribution in [3.8, 4) is 11.3 Å². The van der Waals surface area contributed by atoms with E-state index >= 15 is 0 Å². The molecule has 0 aliphatic rings. The number of carbonyl (C=O) groups excluding carboxylic acids is 1. The Kier molecular flexibility index (Phi) is 3.35. The van der Waals surface area contributed by atoms with E-state index in [0.29, 0.717) is 5.13 Å². The van der Waals surface area contributed by atoms with Gasteiger partial charge in [0.25, 0.3) is 0 Å². The Labute approximate surface area is 120 Å². The molecule has 5 heteroatoms. The molecule has 1 amide bonds. The van der Waals surface area contributed by atoms with Crippen molar-refractivity contribution < 1.29 is 4.79 Å². The Bertz CT molecular complexity index is 766. The van der Waals surface area contributed by atoms with Crippen LogP contribution < -0.4 is 10.9 Å². The van der Waals surface area contributed by atoms with Crippen molar-refractivity contribution in [3.05, 3.63) is 47.8 Å². The third kappa shape index (κ3) is 2.62. The second-order valence-electron chi connectivity index (χ2n) is 4.41. The smallest absolute Gasteiger partial charge is 0.235 e. The van der Waals surface area contributed by atoms with E-state index in [1.54, 1.807) is 0 Å². The van der Waals surface area contributed by atoms with E-state index in [1.165, 1.54) is 29.0 Å². The maximum atomic E-state index is 10.8. The molecule has 0 bridgehead atoms. The second-order valence-corrected chi connectivity index (χ2v) is 5.26. The molecule has 1 heterocycles. The van der Waals surface area contributed by atoms with E-state index in [-0.39, 0.29) is 5.91 Å². The molecule has 20 heavy (non-hydrogen) atoms. The molecule has 3 rings (SSSR count). The fourth-order valence-corrected chi connectivity index (χ4v) is 2.63. The number of carbonyl (C=O) groups is 1. The van der Waals surface area contributed by atoms with Crippen molar-refractivity contribution in [2.24, 2.45) is 0 Å². The molecule has 4 nitrogen and oxygen atoms in total. The molecule has 0 unspecified atom stereocenters. The highest BCUT2D eigenvalue weighted by Gasteiger charge is 2.05. The summed E-state index contributed by atoms with van der Waals surface area (Å²) in [4.78, 5) is 15.3. The maximum absolute atomic E-state index is 10.8. The van der Waals surface area contributed by atoms with Crippen molar-refractivity contribution in [2.45, 2.75) is 6.92 Å². The minimum absolute atomic E-state index is 0.146. The normalized spacial score (nSPS) is 10.4. The van der Waals surface area contributed by atoms with Gasteiger partial charge in [-0.2, -0.15) is 0 Å². The fourth-order valence-electron chi connectivity index (χ4n) is 1.95. The van der Waals surface area contributed by atoms with Crippen LogP contribution in [0.4, 0.5) is 5.13 Å². The van der Waals surface area contributed by atoms with Crippen molar-refractivity contribution in [3.63, 3.8) is 0 Å². The monoisotopic (exact) mass is 283 g/mol. The Morgan fingerprint density at radius 2 is 1.95 bits per heavy atom. The first-order valence-corrected chi connectivity index (χ1v) is 7.07. The molecule has 0 saturated heterocycles. The number of anilines is 1. The summed E-state index contributed by atoms with van der Waals surface area (Å²) in [5.41, 5.74) is 7.26. The van der Waals surface area contributed by atoms with E-state index in [4.69, 9.17) is 0 Å². The molecule has 2 N–H and O–H groups in total. The first kappa shape index (κ1) is 12.6. The van der Waals surface area contributed by atoms with Crippen LogP contribution in [0.15, 0.2) is 47.8 Å². The van der Waals surface area contributed by atoms with E-state index in [0.717, 1.165) is 11.3 Å². The lowest BCUT2D eigenvalue weighted by Crippen LogP contribution is -2.26. The third-order valence-electron chi connectivity index (χ3n) is 2.89. The number of hydrogen-bond acceptors (Lipinski definition) is 4. The van der Waals surface area contributed by atoms with Gasteiger partial charge in [-0.1, -0.05) is 36.4 Å². The lowest BCUT2D eigenvalue weighted by atomic mass is 10.1. The molecule has 3 aromatic rings. The lowest BCUT2D eigenvalue weighted by Gasteiger charge is -2.02. The van der Waals surface area contributed by atoms with Crippen molar-refractivity contribution in [1.82, 2.24) is 10.4 Å². The van der Waals surface area contributed by atoms with Gasteiger partial charge >= 0.3 is 0 Å². The number of benzene rings is 2. The minimum atomic E-state index is -0.146. The summed E-state index contributed by atoms with van der Waals surface area (Å²) in [7, 11) is 0. The fraction of sp³-hybridized carbons (Fsp3) is 0.0667. The molecule has 2 aromatic carbocycles. The number of fused-ring (bicyclic) bond motifs is 1. The molecule has 0 aliphatic carbocycles. The predicted octanol–water partition coefficient (Wildman–Crippen LogP) is 3.43. The summed E-state index contributed by atoms with van der Waals surface area (Å²) in [5, 5.41) is 5.04. The molecule has 0 radical (unpaired) electrons. The number of rotatable bonds is 3. The molecule has 0 spiro atoms. The van der Waals surface area contributed by atoms with Crippen LogP contribution in [0, 0.1) is 0 Å². The van der Waals surface area contributed by atoms with Crippen LogP contribution in [0.25, 0.3) is 22.0 Å². The van der Waals surface area contributed by atoms with E-state index in [9.17, 15) is 4.79 Å². The Hall–Kier alpha value is -2.40. The zero-order valence-electron chi connectivity index (χ0n) is 10.9. The van der Waals surface area contributed by atoms with Crippen LogP contribution >= 0.6 is 11.3 Å². The molecule has 0 atom stereocenters. The van der Waals surface area contributed by atoms with Crippen molar-refractivity contribution in [2.75, 3.05) is 5.43 Å². The number of hydrazine groups is 1. The largest absolute Gasteiger partial charge is 0.274 e. The van der Waals surface area contributed by atoms with Crippen LogP contribution in [0.2, 0.25) is 0 Å². The van der Waals surface area contributed by atoms with Gasteiger partial charge in [0.1, 0.15) is 0 Å².